The fourth-order valence-electron chi connectivity index (χ4n) is 1.99. The maximum Gasteiger partial charge on any atom is 0.185 e. The second-order valence-corrected chi connectivity index (χ2v) is 4.51. The Morgan fingerprint density at radius 1 is 1.12 bits per heavy atom. The first-order valence-electron chi connectivity index (χ1n) is 5.89. The summed E-state index contributed by atoms with van der Waals surface area (Å²) < 4.78 is 10.2. The Hall–Kier alpha value is -0.900. The number of methoxy groups -OCH3 is 2. The van der Waals surface area contributed by atoms with Crippen molar-refractivity contribution in [3.63, 3.8) is 0 Å². The van der Waals surface area contributed by atoms with Crippen LogP contribution in [0, 0.1) is 0 Å². The minimum Gasteiger partial charge on any atom is -0.385 e. The Labute approximate surface area is 103 Å². The Morgan fingerprint density at radius 2 is 1.59 bits per heavy atom. The van der Waals surface area contributed by atoms with Crippen LogP contribution in [0.5, 0.6) is 0 Å². The normalized spacial score (nSPS) is 14.9. The molecule has 17 heavy (non-hydrogen) atoms. The van der Waals surface area contributed by atoms with E-state index in [1.54, 1.807) is 6.92 Å². The third-order valence-corrected chi connectivity index (χ3v) is 2.93. The van der Waals surface area contributed by atoms with Crippen molar-refractivity contribution < 1.29 is 14.6 Å². The fraction of sp³-hybridized carbons (Fsp3) is 0.571. The van der Waals surface area contributed by atoms with Crippen LogP contribution in [-0.2, 0) is 22.3 Å². The highest BCUT2D eigenvalue weighted by atomic mass is 16.7. The minimum absolute atomic E-state index is 0.503. The second-order valence-electron chi connectivity index (χ2n) is 4.51. The molecule has 0 saturated carbocycles. The molecule has 1 rings (SSSR count). The molecule has 0 aromatic heterocycles. The van der Waals surface area contributed by atoms with Crippen LogP contribution in [0.15, 0.2) is 24.3 Å². The van der Waals surface area contributed by atoms with Crippen LogP contribution in [0.4, 0.5) is 0 Å². The van der Waals surface area contributed by atoms with Gasteiger partial charge in [-0.1, -0.05) is 31.2 Å². The first-order valence-corrected chi connectivity index (χ1v) is 5.89. The van der Waals surface area contributed by atoms with Gasteiger partial charge in [-0.2, -0.15) is 0 Å². The summed E-state index contributed by atoms with van der Waals surface area (Å²) in [5.74, 6) is 0. The van der Waals surface area contributed by atoms with Crippen LogP contribution >= 0.6 is 0 Å². The van der Waals surface area contributed by atoms with Gasteiger partial charge in [0.25, 0.3) is 0 Å². The van der Waals surface area contributed by atoms with E-state index in [1.807, 2.05) is 12.1 Å². The molecule has 0 spiro atoms. The summed E-state index contributed by atoms with van der Waals surface area (Å²) in [6.45, 7) is 3.84. The van der Waals surface area contributed by atoms with Crippen LogP contribution in [0.25, 0.3) is 0 Å². The van der Waals surface area contributed by atoms with Crippen LogP contribution in [0.2, 0.25) is 0 Å². The van der Waals surface area contributed by atoms with Crippen LogP contribution in [-0.4, -0.2) is 31.2 Å². The van der Waals surface area contributed by atoms with Crippen LogP contribution in [0.1, 0.15) is 25.0 Å². The number of aryl methyl sites for hydroxylation is 1. The number of ether oxygens (including phenoxy) is 2. The van der Waals surface area contributed by atoms with Gasteiger partial charge in [-0.05, 0) is 24.5 Å². The highest BCUT2D eigenvalue weighted by Gasteiger charge is 2.32. The number of hydrogen-bond donors (Lipinski definition) is 1. The van der Waals surface area contributed by atoms with E-state index in [-0.39, 0.29) is 0 Å². The predicted octanol–water partition coefficient (Wildman–Crippen LogP) is 2.16. The molecule has 0 aliphatic rings. The number of hydrogen-bond acceptors (Lipinski definition) is 3. The lowest BCUT2D eigenvalue weighted by Gasteiger charge is -2.30. The van der Waals surface area contributed by atoms with Crippen molar-refractivity contribution in [3.8, 4) is 0 Å². The topological polar surface area (TPSA) is 38.7 Å². The third-order valence-electron chi connectivity index (χ3n) is 2.93. The van der Waals surface area contributed by atoms with E-state index in [1.165, 1.54) is 19.8 Å². The van der Waals surface area contributed by atoms with E-state index in [0.717, 1.165) is 12.0 Å². The summed E-state index contributed by atoms with van der Waals surface area (Å²) in [5, 5.41) is 10.3. The van der Waals surface area contributed by atoms with Crippen molar-refractivity contribution in [1.29, 1.82) is 0 Å². The average molecular weight is 238 g/mol. The number of aliphatic hydroxyl groups is 1. The van der Waals surface area contributed by atoms with Crippen molar-refractivity contribution in [2.75, 3.05) is 14.2 Å². The van der Waals surface area contributed by atoms with Crippen LogP contribution < -0.4 is 0 Å². The monoisotopic (exact) mass is 238 g/mol. The van der Waals surface area contributed by atoms with E-state index in [9.17, 15) is 5.11 Å². The molecule has 1 N–H and O–H groups in total. The molecule has 96 valence electrons. The summed E-state index contributed by atoms with van der Waals surface area (Å²) in [4.78, 5) is 0. The van der Waals surface area contributed by atoms with Gasteiger partial charge < -0.3 is 14.6 Å². The Balaban J connectivity index is 2.74. The second kappa shape index (κ2) is 6.15. The van der Waals surface area contributed by atoms with Gasteiger partial charge in [0.1, 0.15) is 5.60 Å². The molecule has 0 aliphatic carbocycles. The zero-order valence-corrected chi connectivity index (χ0v) is 11.1. The summed E-state index contributed by atoms with van der Waals surface area (Å²) in [6, 6.07) is 8.24. The highest BCUT2D eigenvalue weighted by molar-refractivity contribution is 5.23. The summed E-state index contributed by atoms with van der Waals surface area (Å²) in [6.07, 6.45) is 0.909. The molecule has 0 amide bonds. The van der Waals surface area contributed by atoms with Crippen molar-refractivity contribution >= 4 is 0 Å². The zero-order valence-electron chi connectivity index (χ0n) is 11.1. The molecule has 0 saturated heterocycles. The van der Waals surface area contributed by atoms with E-state index >= 15 is 0 Å². The van der Waals surface area contributed by atoms with Gasteiger partial charge >= 0.3 is 0 Å². The quantitative estimate of drug-likeness (QED) is 0.772. The van der Waals surface area contributed by atoms with E-state index in [4.69, 9.17) is 9.47 Å². The zero-order chi connectivity index (χ0) is 12.9. The molecule has 0 radical (unpaired) electrons. The van der Waals surface area contributed by atoms with E-state index in [0.29, 0.717) is 6.42 Å². The van der Waals surface area contributed by atoms with Gasteiger partial charge in [0.15, 0.2) is 6.29 Å². The summed E-state index contributed by atoms with van der Waals surface area (Å²) in [5.41, 5.74) is 1.34. The lowest BCUT2D eigenvalue weighted by atomic mass is 9.95. The SMILES string of the molecule is CCc1ccc(CC(C)(O)C(OC)OC)cc1. The van der Waals surface area contributed by atoms with Crippen molar-refractivity contribution in [3.05, 3.63) is 35.4 Å². The molecule has 3 heteroatoms. The standard InChI is InChI=1S/C14H22O3/c1-5-11-6-8-12(9-7-11)10-14(2,15)13(16-3)17-4/h6-9,13,15H,5,10H2,1-4H3. The molecule has 3 nitrogen and oxygen atoms in total. The lowest BCUT2D eigenvalue weighted by Crippen LogP contribution is -2.43. The molecular formula is C14H22O3. The first kappa shape index (κ1) is 14.2. The fourth-order valence-corrected chi connectivity index (χ4v) is 1.99. The molecule has 1 aromatic carbocycles. The molecule has 1 aromatic rings. The molecule has 0 fully saturated rings. The largest absolute Gasteiger partial charge is 0.385 e. The number of benzene rings is 1. The molecule has 0 bridgehead atoms. The Kier molecular flexibility index (Phi) is 5.12. The maximum absolute atomic E-state index is 10.3. The molecule has 1 unspecified atom stereocenters. The molecule has 0 aliphatic heterocycles. The van der Waals surface area contributed by atoms with Gasteiger partial charge in [-0.25, -0.2) is 0 Å². The van der Waals surface area contributed by atoms with Gasteiger partial charge in [0.05, 0.1) is 0 Å². The predicted molar refractivity (Wildman–Crippen MR) is 68.0 cm³/mol. The molecule has 1 atom stereocenters. The highest BCUT2D eigenvalue weighted by Crippen LogP contribution is 2.20. The van der Waals surface area contributed by atoms with Crippen molar-refractivity contribution in [2.45, 2.75) is 38.6 Å². The number of rotatable bonds is 6. The average Bonchev–Trinajstić information content (AvgIpc) is 2.30. The van der Waals surface area contributed by atoms with Gasteiger partial charge in [0.2, 0.25) is 0 Å². The lowest BCUT2D eigenvalue weighted by molar-refractivity contribution is -0.207. The van der Waals surface area contributed by atoms with E-state index < -0.39 is 11.9 Å². The Morgan fingerprint density at radius 3 is 2.00 bits per heavy atom. The maximum atomic E-state index is 10.3. The van der Waals surface area contributed by atoms with Crippen molar-refractivity contribution in [2.24, 2.45) is 0 Å². The molecular weight excluding hydrogens is 216 g/mol. The van der Waals surface area contributed by atoms with Gasteiger partial charge in [0, 0.05) is 20.6 Å². The summed E-state index contributed by atoms with van der Waals surface area (Å²) in [7, 11) is 3.06. The smallest absolute Gasteiger partial charge is 0.185 e. The van der Waals surface area contributed by atoms with Gasteiger partial charge in [-0.15, -0.1) is 0 Å². The van der Waals surface area contributed by atoms with Crippen LogP contribution in [0.3, 0.4) is 0 Å². The first-order chi connectivity index (χ1) is 8.03. The van der Waals surface area contributed by atoms with Crippen molar-refractivity contribution in [1.82, 2.24) is 0 Å². The third kappa shape index (κ3) is 3.80. The summed E-state index contributed by atoms with van der Waals surface area (Å²) >= 11 is 0. The van der Waals surface area contributed by atoms with Gasteiger partial charge in [-0.3, -0.25) is 0 Å². The Bertz CT molecular complexity index is 326. The minimum atomic E-state index is -1.03. The molecule has 0 heterocycles. The van der Waals surface area contributed by atoms with E-state index in [2.05, 4.69) is 19.1 Å².